The minimum absolute atomic E-state index is 0.104. The summed E-state index contributed by atoms with van der Waals surface area (Å²) in [6.45, 7) is 4.09. The Hall–Kier alpha value is -0.0900. The number of benzene rings is 1. The van der Waals surface area contributed by atoms with Crippen molar-refractivity contribution in [1.82, 2.24) is 0 Å². The average molecular weight is 271 g/mol. The molecule has 0 fully saturated rings. The number of nitrogens with two attached hydrogens (primary N) is 1. The fourth-order valence-electron chi connectivity index (χ4n) is 1.13. The van der Waals surface area contributed by atoms with Gasteiger partial charge in [0.05, 0.1) is 0 Å². The van der Waals surface area contributed by atoms with Crippen LogP contribution in [0.2, 0.25) is 0 Å². The molecule has 0 spiro atoms. The molecule has 1 aromatic rings. The van der Waals surface area contributed by atoms with E-state index in [1.807, 2.05) is 13.8 Å². The Morgan fingerprint density at radius 3 is 2.17 bits per heavy atom. The Balaban J connectivity index is 2.71. The van der Waals surface area contributed by atoms with Gasteiger partial charge in [-0.25, -0.2) is 0 Å². The van der Waals surface area contributed by atoms with E-state index in [0.717, 1.165) is 6.42 Å². The van der Waals surface area contributed by atoms with Crippen molar-refractivity contribution in [3.05, 3.63) is 33.4 Å². The summed E-state index contributed by atoms with van der Waals surface area (Å²) in [5.74, 6) is 0. The van der Waals surface area contributed by atoms with Crippen LogP contribution in [0.1, 0.15) is 19.4 Å². The Labute approximate surface area is 87.5 Å². The predicted molar refractivity (Wildman–Crippen MR) is 61.1 cm³/mol. The first-order chi connectivity index (χ1) is 5.47. The average Bonchev–Trinajstić information content (AvgIpc) is 1.91. The molecule has 1 aromatic carbocycles. The number of hydrogen-bond acceptors (Lipinski definition) is 1. The maximum Gasteiger partial charge on any atom is 0.0138 e. The predicted octanol–water partition coefficient (Wildman–Crippen LogP) is 2.57. The van der Waals surface area contributed by atoms with E-state index in [1.165, 1.54) is 9.13 Å². The highest BCUT2D eigenvalue weighted by atomic mass is 123. The van der Waals surface area contributed by atoms with E-state index >= 15 is 0 Å². The van der Waals surface area contributed by atoms with Crippen LogP contribution in [0.4, 0.5) is 0 Å². The molecule has 0 aliphatic rings. The molecule has 0 amide bonds. The summed E-state index contributed by atoms with van der Waals surface area (Å²) >= 11 is 2.30. The van der Waals surface area contributed by atoms with Crippen LogP contribution in [0.3, 0.4) is 0 Å². The van der Waals surface area contributed by atoms with Gasteiger partial charge in [0, 0.05) is 9.11 Å². The highest BCUT2D eigenvalue weighted by molar-refractivity contribution is 14.1. The van der Waals surface area contributed by atoms with Crippen LogP contribution < -0.4 is 5.73 Å². The van der Waals surface area contributed by atoms with E-state index in [9.17, 15) is 0 Å². The van der Waals surface area contributed by atoms with Crippen LogP contribution in [0.25, 0.3) is 0 Å². The molecule has 2 heteroatoms. The van der Waals surface area contributed by atoms with Crippen molar-refractivity contribution >= 4 is 22.6 Å². The molecule has 0 aliphatic heterocycles. The van der Waals surface area contributed by atoms with Crippen molar-refractivity contribution in [1.29, 1.82) is 0 Å². The van der Waals surface area contributed by atoms with Crippen LogP contribution in [0.15, 0.2) is 24.3 Å². The molecule has 0 saturated heterocycles. The van der Waals surface area contributed by atoms with E-state index < -0.39 is 0 Å². The van der Waals surface area contributed by atoms with Gasteiger partial charge in [-0.2, -0.15) is 0 Å². The number of halogens is 1. The van der Waals surface area contributed by atoms with Crippen molar-refractivity contribution in [2.24, 2.45) is 5.73 Å². The second kappa shape index (κ2) is 3.75. The van der Waals surface area contributed by atoms with Crippen molar-refractivity contribution in [3.63, 3.8) is 0 Å². The quantitative estimate of drug-likeness (QED) is 0.822. The third-order valence-corrected chi connectivity index (χ3v) is 2.29. The first-order valence-corrected chi connectivity index (χ1v) is 5.08. The molecule has 0 bridgehead atoms. The van der Waals surface area contributed by atoms with E-state index in [4.69, 9.17) is 5.73 Å². The third-order valence-electron chi connectivity index (χ3n) is 1.57. The minimum atomic E-state index is -0.104. The van der Waals surface area contributed by atoms with Gasteiger partial charge in [0.15, 0.2) is 0 Å². The van der Waals surface area contributed by atoms with Crippen molar-refractivity contribution in [2.45, 2.75) is 25.8 Å². The van der Waals surface area contributed by atoms with Crippen LogP contribution >= 0.6 is 22.6 Å². The summed E-state index contributed by atoms with van der Waals surface area (Å²) in [4.78, 5) is 0. The number of rotatable bonds is 2. The Kier molecular flexibility index (Phi) is 3.12. The zero-order chi connectivity index (χ0) is 9.19. The Morgan fingerprint density at radius 1 is 1.25 bits per heavy atom. The fourth-order valence-corrected chi connectivity index (χ4v) is 1.49. The normalized spacial score (nSPS) is 11.7. The second-order valence-electron chi connectivity index (χ2n) is 3.79. The molecule has 0 aliphatic carbocycles. The van der Waals surface area contributed by atoms with Gasteiger partial charge >= 0.3 is 0 Å². The molecule has 2 N–H and O–H groups in total. The first kappa shape index (κ1) is 9.99. The zero-order valence-corrected chi connectivity index (χ0v) is 9.63. The monoisotopic (exact) mass is 271 g/mol. The van der Waals surface area contributed by atoms with Gasteiger partial charge in [-0.05, 0) is 60.6 Å². The molecule has 0 aromatic heterocycles. The van der Waals surface area contributed by atoms with Gasteiger partial charge in [-0.15, -0.1) is 0 Å². The lowest BCUT2D eigenvalue weighted by molar-refractivity contribution is 0.517. The summed E-state index contributed by atoms with van der Waals surface area (Å²) in [7, 11) is 0. The second-order valence-corrected chi connectivity index (χ2v) is 5.04. The van der Waals surface area contributed by atoms with E-state index in [1.54, 1.807) is 0 Å². The highest BCUT2D eigenvalue weighted by Gasteiger charge is 2.10. The summed E-state index contributed by atoms with van der Waals surface area (Å²) in [6, 6.07) is 8.50. The van der Waals surface area contributed by atoms with E-state index in [0.29, 0.717) is 0 Å². The molecular weight excluding hydrogens is 257 g/mol. The van der Waals surface area contributed by atoms with Crippen molar-refractivity contribution < 1.29 is 0 Å². The first-order valence-electron chi connectivity index (χ1n) is 4.01. The molecule has 0 unspecified atom stereocenters. The Morgan fingerprint density at radius 2 is 1.75 bits per heavy atom. The van der Waals surface area contributed by atoms with Gasteiger partial charge in [0.25, 0.3) is 0 Å². The van der Waals surface area contributed by atoms with Crippen LogP contribution in [0.5, 0.6) is 0 Å². The molecule has 0 saturated carbocycles. The molecule has 12 heavy (non-hydrogen) atoms. The van der Waals surface area contributed by atoms with Crippen molar-refractivity contribution in [2.75, 3.05) is 0 Å². The SMILES string of the molecule is CC(C)(N)Cc1ccc([123I])cc1. The Bertz CT molecular complexity index is 246. The topological polar surface area (TPSA) is 26.0 Å². The summed E-state index contributed by atoms with van der Waals surface area (Å²) in [5, 5.41) is 0. The van der Waals surface area contributed by atoms with Gasteiger partial charge < -0.3 is 5.73 Å². The molecule has 0 atom stereocenters. The smallest absolute Gasteiger partial charge is 0.0138 e. The van der Waals surface area contributed by atoms with Crippen molar-refractivity contribution in [3.8, 4) is 0 Å². The lowest BCUT2D eigenvalue weighted by Gasteiger charge is -2.18. The van der Waals surface area contributed by atoms with Gasteiger partial charge in [0.2, 0.25) is 0 Å². The molecular formula is C10H14IN. The van der Waals surface area contributed by atoms with E-state index in [-0.39, 0.29) is 5.54 Å². The zero-order valence-electron chi connectivity index (χ0n) is 7.47. The standard InChI is InChI=1S/C10H14IN/c1-10(2,12)7-8-3-5-9(11)6-4-8/h3-6H,7,12H2,1-2H3/i11-4. The summed E-state index contributed by atoms with van der Waals surface area (Å²) in [5.41, 5.74) is 7.11. The number of hydrogen-bond donors (Lipinski definition) is 1. The van der Waals surface area contributed by atoms with Gasteiger partial charge in [-0.3, -0.25) is 0 Å². The molecule has 0 heterocycles. The molecule has 1 nitrogen and oxygen atoms in total. The molecule has 66 valence electrons. The summed E-state index contributed by atoms with van der Waals surface area (Å²) in [6.07, 6.45) is 0.934. The molecule has 0 radical (unpaired) electrons. The maximum absolute atomic E-state index is 5.90. The molecule has 1 rings (SSSR count). The van der Waals surface area contributed by atoms with Crippen LogP contribution in [-0.4, -0.2) is 5.54 Å². The van der Waals surface area contributed by atoms with E-state index in [2.05, 4.69) is 46.9 Å². The summed E-state index contributed by atoms with van der Waals surface area (Å²) < 4.78 is 1.27. The van der Waals surface area contributed by atoms with Gasteiger partial charge in [-0.1, -0.05) is 12.1 Å². The lowest BCUT2D eigenvalue weighted by Crippen LogP contribution is -2.34. The fraction of sp³-hybridized carbons (Fsp3) is 0.400. The minimum Gasteiger partial charge on any atom is -0.325 e. The maximum atomic E-state index is 5.90. The largest absolute Gasteiger partial charge is 0.325 e. The third kappa shape index (κ3) is 3.54. The lowest BCUT2D eigenvalue weighted by atomic mass is 9.96. The van der Waals surface area contributed by atoms with Gasteiger partial charge in [0.1, 0.15) is 0 Å². The highest BCUT2D eigenvalue weighted by Crippen LogP contribution is 2.12. The van der Waals surface area contributed by atoms with Crippen LogP contribution in [-0.2, 0) is 6.42 Å². The van der Waals surface area contributed by atoms with Crippen LogP contribution in [0, 0.1) is 3.57 Å².